The molecule has 0 aromatic heterocycles. The Bertz CT molecular complexity index is 231. The zero-order chi connectivity index (χ0) is 13.2. The van der Waals surface area contributed by atoms with E-state index in [9.17, 15) is 4.79 Å². The fourth-order valence-corrected chi connectivity index (χ4v) is 2.41. The summed E-state index contributed by atoms with van der Waals surface area (Å²) in [6, 6.07) is 0.647. The lowest BCUT2D eigenvalue weighted by Crippen LogP contribution is -2.40. The quantitative estimate of drug-likeness (QED) is 0.559. The van der Waals surface area contributed by atoms with Gasteiger partial charge in [-0.1, -0.05) is 25.7 Å². The molecule has 1 rings (SSSR count). The molecule has 0 aliphatic heterocycles. The Morgan fingerprint density at radius 1 is 1.21 bits per heavy atom. The second-order valence-electron chi connectivity index (χ2n) is 5.03. The van der Waals surface area contributed by atoms with E-state index < -0.39 is 0 Å². The van der Waals surface area contributed by atoms with Gasteiger partial charge in [0.05, 0.1) is 0 Å². The molecule has 1 saturated carbocycles. The predicted octanol–water partition coefficient (Wildman–Crippen LogP) is 2.26. The van der Waals surface area contributed by atoms with Crippen LogP contribution in [0.3, 0.4) is 0 Å². The van der Waals surface area contributed by atoms with E-state index in [1.54, 1.807) is 6.92 Å². The van der Waals surface area contributed by atoms with Crippen molar-refractivity contribution in [1.29, 1.82) is 0 Å². The highest BCUT2D eigenvalue weighted by molar-refractivity contribution is 5.85. The number of halogens is 1. The molecular weight excluding hydrogens is 264 g/mol. The van der Waals surface area contributed by atoms with Crippen LogP contribution in [0.15, 0.2) is 0 Å². The van der Waals surface area contributed by atoms with Gasteiger partial charge < -0.3 is 15.4 Å². The lowest BCUT2D eigenvalue weighted by molar-refractivity contribution is -0.131. The first-order valence-electron chi connectivity index (χ1n) is 7.36. The zero-order valence-electron chi connectivity index (χ0n) is 12.2. The summed E-state index contributed by atoms with van der Waals surface area (Å²) < 4.78 is 5.23. The molecule has 1 atom stereocenters. The van der Waals surface area contributed by atoms with Crippen molar-refractivity contribution in [1.82, 2.24) is 10.6 Å². The van der Waals surface area contributed by atoms with E-state index in [1.807, 2.05) is 6.92 Å². The molecule has 0 spiro atoms. The average molecular weight is 293 g/mol. The number of ether oxygens (including phenoxy) is 1. The van der Waals surface area contributed by atoms with Crippen molar-refractivity contribution in [3.05, 3.63) is 0 Å². The number of amides is 1. The highest BCUT2D eigenvalue weighted by Gasteiger charge is 2.13. The van der Waals surface area contributed by atoms with Crippen LogP contribution < -0.4 is 10.6 Å². The first-order valence-corrected chi connectivity index (χ1v) is 7.36. The van der Waals surface area contributed by atoms with Crippen LogP contribution in [0.2, 0.25) is 0 Å². The summed E-state index contributed by atoms with van der Waals surface area (Å²) >= 11 is 0. The zero-order valence-corrected chi connectivity index (χ0v) is 13.1. The van der Waals surface area contributed by atoms with Crippen molar-refractivity contribution in [2.75, 3.05) is 19.7 Å². The van der Waals surface area contributed by atoms with Crippen LogP contribution in [0.4, 0.5) is 0 Å². The number of carbonyl (C=O) groups excluding carboxylic acids is 1. The second-order valence-corrected chi connectivity index (χ2v) is 5.03. The summed E-state index contributed by atoms with van der Waals surface area (Å²) in [5.74, 6) is -0.0143. The Morgan fingerprint density at radius 2 is 1.84 bits per heavy atom. The fourth-order valence-electron chi connectivity index (χ4n) is 2.41. The van der Waals surface area contributed by atoms with Gasteiger partial charge in [0.25, 0.3) is 0 Å². The van der Waals surface area contributed by atoms with Gasteiger partial charge in [0.1, 0.15) is 6.10 Å². The smallest absolute Gasteiger partial charge is 0.248 e. The van der Waals surface area contributed by atoms with E-state index in [4.69, 9.17) is 4.74 Å². The van der Waals surface area contributed by atoms with Crippen molar-refractivity contribution >= 4 is 18.3 Å². The van der Waals surface area contributed by atoms with Crippen LogP contribution in [0.25, 0.3) is 0 Å². The summed E-state index contributed by atoms with van der Waals surface area (Å²) in [5, 5.41) is 6.43. The van der Waals surface area contributed by atoms with Crippen molar-refractivity contribution < 1.29 is 9.53 Å². The van der Waals surface area contributed by atoms with E-state index in [0.29, 0.717) is 19.2 Å². The molecule has 0 aromatic carbocycles. The lowest BCUT2D eigenvalue weighted by atomic mass is 10.1. The van der Waals surface area contributed by atoms with E-state index >= 15 is 0 Å². The summed E-state index contributed by atoms with van der Waals surface area (Å²) in [7, 11) is 0. The molecule has 114 valence electrons. The molecule has 1 aliphatic carbocycles. The average Bonchev–Trinajstić information content (AvgIpc) is 2.63. The Kier molecular flexibility index (Phi) is 11.3. The van der Waals surface area contributed by atoms with E-state index in [1.165, 1.54) is 38.5 Å². The molecule has 0 radical (unpaired) electrons. The third kappa shape index (κ3) is 8.45. The van der Waals surface area contributed by atoms with E-state index in [2.05, 4.69) is 10.6 Å². The van der Waals surface area contributed by atoms with Gasteiger partial charge in [0, 0.05) is 25.7 Å². The van der Waals surface area contributed by atoms with E-state index in [0.717, 1.165) is 6.54 Å². The monoisotopic (exact) mass is 292 g/mol. The van der Waals surface area contributed by atoms with Gasteiger partial charge in [0.15, 0.2) is 0 Å². The summed E-state index contributed by atoms with van der Waals surface area (Å²) in [5.41, 5.74) is 0. The van der Waals surface area contributed by atoms with Crippen molar-refractivity contribution in [3.8, 4) is 0 Å². The SMILES string of the molecule is CCOC(C)C(=O)NCCNC1CCCCCC1.Cl. The molecule has 1 unspecified atom stereocenters. The van der Waals surface area contributed by atoms with Gasteiger partial charge in [-0.2, -0.15) is 0 Å². The van der Waals surface area contributed by atoms with Gasteiger partial charge in [-0.05, 0) is 26.7 Å². The minimum absolute atomic E-state index is 0. The molecule has 0 heterocycles. The van der Waals surface area contributed by atoms with E-state index in [-0.39, 0.29) is 24.4 Å². The van der Waals surface area contributed by atoms with Crippen molar-refractivity contribution in [3.63, 3.8) is 0 Å². The molecule has 19 heavy (non-hydrogen) atoms. The lowest BCUT2D eigenvalue weighted by Gasteiger charge is -2.17. The second kappa shape index (κ2) is 11.5. The fraction of sp³-hybridized carbons (Fsp3) is 0.929. The first-order chi connectivity index (χ1) is 8.74. The van der Waals surface area contributed by atoms with Gasteiger partial charge in [-0.3, -0.25) is 4.79 Å². The minimum atomic E-state index is -0.340. The number of hydrogen-bond donors (Lipinski definition) is 2. The molecule has 5 heteroatoms. The van der Waals surface area contributed by atoms with Gasteiger partial charge in [0.2, 0.25) is 5.91 Å². The standard InChI is InChI=1S/C14H28N2O2.ClH/c1-3-18-12(2)14(17)16-11-10-15-13-8-6-4-5-7-9-13;/h12-13,15H,3-11H2,1-2H3,(H,16,17);1H. The molecule has 4 nitrogen and oxygen atoms in total. The first kappa shape index (κ1) is 18.7. The van der Waals surface area contributed by atoms with Crippen LogP contribution >= 0.6 is 12.4 Å². The molecule has 0 aromatic rings. The third-order valence-electron chi connectivity index (χ3n) is 3.50. The molecule has 2 N–H and O–H groups in total. The summed E-state index contributed by atoms with van der Waals surface area (Å²) in [6.07, 6.45) is 7.65. The molecule has 0 saturated heterocycles. The van der Waals surface area contributed by atoms with Crippen LogP contribution in [0.5, 0.6) is 0 Å². The molecule has 1 fully saturated rings. The topological polar surface area (TPSA) is 50.4 Å². The molecular formula is C14H29ClN2O2. The van der Waals surface area contributed by atoms with Crippen molar-refractivity contribution in [2.24, 2.45) is 0 Å². The Hall–Kier alpha value is -0.320. The predicted molar refractivity (Wildman–Crippen MR) is 80.8 cm³/mol. The van der Waals surface area contributed by atoms with Gasteiger partial charge in [-0.25, -0.2) is 0 Å². The maximum atomic E-state index is 11.6. The Balaban J connectivity index is 0.00000324. The van der Waals surface area contributed by atoms with Crippen LogP contribution in [0, 0.1) is 0 Å². The summed E-state index contributed by atoms with van der Waals surface area (Å²) in [6.45, 7) is 5.81. The maximum absolute atomic E-state index is 11.6. The maximum Gasteiger partial charge on any atom is 0.248 e. The number of nitrogens with one attached hydrogen (secondary N) is 2. The molecule has 1 aliphatic rings. The summed E-state index contributed by atoms with van der Waals surface area (Å²) in [4.78, 5) is 11.6. The molecule has 1 amide bonds. The normalized spacial score (nSPS) is 18.2. The Morgan fingerprint density at radius 3 is 2.42 bits per heavy atom. The van der Waals surface area contributed by atoms with Crippen LogP contribution in [-0.4, -0.2) is 37.7 Å². The molecule has 0 bridgehead atoms. The van der Waals surface area contributed by atoms with Gasteiger partial charge in [-0.15, -0.1) is 12.4 Å². The van der Waals surface area contributed by atoms with Gasteiger partial charge >= 0.3 is 0 Å². The Labute approximate surface area is 123 Å². The van der Waals surface area contributed by atoms with Crippen LogP contribution in [0.1, 0.15) is 52.4 Å². The largest absolute Gasteiger partial charge is 0.369 e. The number of carbonyl (C=O) groups is 1. The third-order valence-corrected chi connectivity index (χ3v) is 3.50. The highest BCUT2D eigenvalue weighted by Crippen LogP contribution is 2.16. The van der Waals surface area contributed by atoms with Crippen LogP contribution in [-0.2, 0) is 9.53 Å². The number of rotatable bonds is 7. The van der Waals surface area contributed by atoms with Crippen molar-refractivity contribution in [2.45, 2.75) is 64.5 Å². The minimum Gasteiger partial charge on any atom is -0.369 e. The highest BCUT2D eigenvalue weighted by atomic mass is 35.5. The number of hydrogen-bond acceptors (Lipinski definition) is 3.